The van der Waals surface area contributed by atoms with Gasteiger partial charge in [-0.15, -0.1) is 0 Å². The Morgan fingerprint density at radius 1 is 1.50 bits per heavy atom. The topological polar surface area (TPSA) is 59.1 Å². The fourth-order valence-corrected chi connectivity index (χ4v) is 1.69. The van der Waals surface area contributed by atoms with Gasteiger partial charge in [0.25, 0.3) is 0 Å². The van der Waals surface area contributed by atoms with Gasteiger partial charge in [0.1, 0.15) is 5.82 Å². The van der Waals surface area contributed by atoms with Crippen LogP contribution in [0.15, 0.2) is 18.3 Å². The molecule has 0 aliphatic rings. The van der Waals surface area contributed by atoms with Crippen LogP contribution in [-0.2, 0) is 6.42 Å². The summed E-state index contributed by atoms with van der Waals surface area (Å²) in [5.41, 5.74) is 6.76. The predicted octanol–water partition coefficient (Wildman–Crippen LogP) is 1.61. The van der Waals surface area contributed by atoms with Gasteiger partial charge >= 0.3 is 0 Å². The molecule has 14 heavy (non-hydrogen) atoms. The smallest absolute Gasteiger partial charge is 0.123 e. The average molecular weight is 194 g/mol. The Hall–Kier alpha value is -1.09. The summed E-state index contributed by atoms with van der Waals surface area (Å²) in [7, 11) is 0. The zero-order valence-electron chi connectivity index (χ0n) is 8.77. The van der Waals surface area contributed by atoms with Crippen LogP contribution >= 0.6 is 0 Å². The number of nitrogens with two attached hydrogens (primary N) is 1. The summed E-state index contributed by atoms with van der Waals surface area (Å²) in [6, 6.07) is 3.85. The third-order valence-corrected chi connectivity index (χ3v) is 2.17. The number of rotatable bonds is 4. The molecule has 3 heteroatoms. The van der Waals surface area contributed by atoms with E-state index in [4.69, 9.17) is 5.73 Å². The Kier molecular flexibility index (Phi) is 3.89. The molecule has 0 amide bonds. The molecule has 3 nitrogen and oxygen atoms in total. The van der Waals surface area contributed by atoms with Gasteiger partial charge in [-0.3, -0.25) is 0 Å². The van der Waals surface area contributed by atoms with E-state index in [9.17, 15) is 5.11 Å². The zero-order chi connectivity index (χ0) is 10.6. The lowest BCUT2D eigenvalue weighted by atomic mass is 9.96. The van der Waals surface area contributed by atoms with Gasteiger partial charge in [0.15, 0.2) is 0 Å². The largest absolute Gasteiger partial charge is 0.393 e. The number of hydrogen-bond acceptors (Lipinski definition) is 3. The van der Waals surface area contributed by atoms with Crippen molar-refractivity contribution in [3.05, 3.63) is 23.9 Å². The summed E-state index contributed by atoms with van der Waals surface area (Å²) in [6.45, 7) is 3.95. The summed E-state index contributed by atoms with van der Waals surface area (Å²) in [6.07, 6.45) is 3.25. The van der Waals surface area contributed by atoms with Crippen LogP contribution in [0, 0.1) is 5.92 Å². The number of hydrogen-bond donors (Lipinski definition) is 2. The van der Waals surface area contributed by atoms with E-state index in [2.05, 4.69) is 11.9 Å². The van der Waals surface area contributed by atoms with Gasteiger partial charge in [-0.1, -0.05) is 6.92 Å². The van der Waals surface area contributed by atoms with E-state index in [0.29, 0.717) is 11.7 Å². The molecule has 0 bridgehead atoms. The first-order chi connectivity index (χ1) is 6.58. The minimum Gasteiger partial charge on any atom is -0.393 e. The van der Waals surface area contributed by atoms with Crippen molar-refractivity contribution in [1.82, 2.24) is 4.98 Å². The summed E-state index contributed by atoms with van der Waals surface area (Å²) in [5, 5.41) is 9.22. The fourth-order valence-electron chi connectivity index (χ4n) is 1.69. The van der Waals surface area contributed by atoms with Crippen molar-refractivity contribution in [2.24, 2.45) is 5.92 Å². The average Bonchev–Trinajstić information content (AvgIpc) is 2.01. The maximum Gasteiger partial charge on any atom is 0.123 e. The van der Waals surface area contributed by atoms with Crippen LogP contribution in [0.25, 0.3) is 0 Å². The number of nitrogens with zero attached hydrogens (tertiary/aromatic N) is 1. The van der Waals surface area contributed by atoms with E-state index in [1.165, 1.54) is 5.56 Å². The monoisotopic (exact) mass is 194 g/mol. The number of nitrogen functional groups attached to an aromatic ring is 1. The molecule has 0 fully saturated rings. The zero-order valence-corrected chi connectivity index (χ0v) is 8.77. The molecule has 0 saturated carbocycles. The van der Waals surface area contributed by atoms with Gasteiger partial charge in [0.05, 0.1) is 6.10 Å². The fraction of sp³-hybridized carbons (Fsp3) is 0.545. The number of anilines is 1. The lowest BCUT2D eigenvalue weighted by Gasteiger charge is -2.13. The van der Waals surface area contributed by atoms with Gasteiger partial charge in [0, 0.05) is 6.20 Å². The third kappa shape index (κ3) is 3.75. The second-order valence-corrected chi connectivity index (χ2v) is 3.98. The normalized spacial score (nSPS) is 15.1. The highest BCUT2D eigenvalue weighted by Gasteiger charge is 2.07. The summed E-state index contributed by atoms with van der Waals surface area (Å²) >= 11 is 0. The van der Waals surface area contributed by atoms with Crippen LogP contribution in [-0.4, -0.2) is 16.2 Å². The van der Waals surface area contributed by atoms with E-state index >= 15 is 0 Å². The molecule has 0 spiro atoms. The maximum absolute atomic E-state index is 9.22. The molecule has 1 heterocycles. The first-order valence-corrected chi connectivity index (χ1v) is 4.96. The molecule has 78 valence electrons. The van der Waals surface area contributed by atoms with Crippen molar-refractivity contribution in [1.29, 1.82) is 0 Å². The van der Waals surface area contributed by atoms with Crippen molar-refractivity contribution in [3.63, 3.8) is 0 Å². The highest BCUT2D eigenvalue weighted by Crippen LogP contribution is 2.14. The second kappa shape index (κ2) is 4.96. The molecule has 3 N–H and O–H groups in total. The molecular weight excluding hydrogens is 176 g/mol. The van der Waals surface area contributed by atoms with E-state index in [0.717, 1.165) is 12.8 Å². The molecule has 0 radical (unpaired) electrons. The molecule has 1 rings (SSSR count). The van der Waals surface area contributed by atoms with Crippen molar-refractivity contribution in [3.8, 4) is 0 Å². The minimum atomic E-state index is -0.232. The predicted molar refractivity (Wildman–Crippen MR) is 57.8 cm³/mol. The van der Waals surface area contributed by atoms with E-state index in [1.807, 2.05) is 19.1 Å². The van der Waals surface area contributed by atoms with E-state index in [1.54, 1.807) is 6.20 Å². The van der Waals surface area contributed by atoms with Crippen molar-refractivity contribution in [2.75, 3.05) is 5.73 Å². The Morgan fingerprint density at radius 2 is 2.21 bits per heavy atom. The Bertz CT molecular complexity index is 286. The SMILES string of the molecule is CC(O)CC(C)Cc1ccnc(N)c1. The van der Waals surface area contributed by atoms with Crippen LogP contribution in [0.3, 0.4) is 0 Å². The molecule has 0 aliphatic carbocycles. The van der Waals surface area contributed by atoms with Gasteiger partial charge in [-0.05, 0) is 43.4 Å². The van der Waals surface area contributed by atoms with Gasteiger partial charge < -0.3 is 10.8 Å². The van der Waals surface area contributed by atoms with Crippen LogP contribution in [0.5, 0.6) is 0 Å². The van der Waals surface area contributed by atoms with E-state index in [-0.39, 0.29) is 6.10 Å². The minimum absolute atomic E-state index is 0.232. The standard InChI is InChI=1S/C11H18N2O/c1-8(5-9(2)14)6-10-3-4-13-11(12)7-10/h3-4,7-9,14H,5-6H2,1-2H3,(H2,12,13). The molecule has 2 unspecified atom stereocenters. The van der Waals surface area contributed by atoms with Crippen LogP contribution in [0.1, 0.15) is 25.8 Å². The highest BCUT2D eigenvalue weighted by atomic mass is 16.3. The summed E-state index contributed by atoms with van der Waals surface area (Å²) in [5.74, 6) is 1.03. The van der Waals surface area contributed by atoms with Crippen LogP contribution < -0.4 is 5.73 Å². The van der Waals surface area contributed by atoms with Crippen LogP contribution in [0.4, 0.5) is 5.82 Å². The molecule has 2 atom stereocenters. The molecular formula is C11H18N2O. The Balaban J connectivity index is 2.51. The number of aliphatic hydroxyl groups is 1. The Morgan fingerprint density at radius 3 is 2.79 bits per heavy atom. The molecule has 1 aromatic heterocycles. The van der Waals surface area contributed by atoms with Crippen molar-refractivity contribution >= 4 is 5.82 Å². The number of aliphatic hydroxyl groups excluding tert-OH is 1. The van der Waals surface area contributed by atoms with Gasteiger partial charge in [0.2, 0.25) is 0 Å². The van der Waals surface area contributed by atoms with Gasteiger partial charge in [-0.25, -0.2) is 4.98 Å². The second-order valence-electron chi connectivity index (χ2n) is 3.98. The van der Waals surface area contributed by atoms with E-state index < -0.39 is 0 Å². The Labute approximate surface area is 85.0 Å². The number of aromatic nitrogens is 1. The highest BCUT2D eigenvalue weighted by molar-refractivity contribution is 5.31. The quantitative estimate of drug-likeness (QED) is 0.765. The summed E-state index contributed by atoms with van der Waals surface area (Å²) in [4.78, 5) is 3.94. The molecule has 0 aromatic carbocycles. The molecule has 0 aliphatic heterocycles. The maximum atomic E-state index is 9.22. The summed E-state index contributed by atoms with van der Waals surface area (Å²) < 4.78 is 0. The molecule has 0 saturated heterocycles. The number of pyridine rings is 1. The first-order valence-electron chi connectivity index (χ1n) is 4.96. The lowest BCUT2D eigenvalue weighted by molar-refractivity contribution is 0.164. The van der Waals surface area contributed by atoms with Crippen LogP contribution in [0.2, 0.25) is 0 Å². The van der Waals surface area contributed by atoms with Gasteiger partial charge in [-0.2, -0.15) is 0 Å². The third-order valence-electron chi connectivity index (χ3n) is 2.17. The van der Waals surface area contributed by atoms with Crippen molar-refractivity contribution in [2.45, 2.75) is 32.8 Å². The lowest BCUT2D eigenvalue weighted by Crippen LogP contribution is -2.09. The molecule has 1 aromatic rings. The van der Waals surface area contributed by atoms with Crippen molar-refractivity contribution < 1.29 is 5.11 Å². The first kappa shape index (κ1) is 11.0.